The van der Waals surface area contributed by atoms with E-state index in [1.807, 2.05) is 24.3 Å². The summed E-state index contributed by atoms with van der Waals surface area (Å²) in [4.78, 5) is 23.2. The molecule has 1 aromatic heterocycles. The summed E-state index contributed by atoms with van der Waals surface area (Å²) < 4.78 is 26.0. The van der Waals surface area contributed by atoms with Crippen LogP contribution in [0.2, 0.25) is 0 Å². The fourth-order valence-corrected chi connectivity index (χ4v) is 3.91. The van der Waals surface area contributed by atoms with Crippen LogP contribution < -0.4 is 14.9 Å². The van der Waals surface area contributed by atoms with E-state index < -0.39 is 10.0 Å². The number of sulfonamides is 1. The molecule has 148 valence electrons. The first-order valence-electron chi connectivity index (χ1n) is 8.91. The molecule has 2 N–H and O–H groups in total. The molecule has 1 aliphatic rings. The molecule has 0 bridgehead atoms. The van der Waals surface area contributed by atoms with Gasteiger partial charge in [0.2, 0.25) is 21.9 Å². The molecular weight excluding hydrogens is 390 g/mol. The van der Waals surface area contributed by atoms with Crippen molar-refractivity contribution in [3.8, 4) is 11.3 Å². The number of carbonyl (C=O) groups excluding carboxylic acids is 1. The predicted molar refractivity (Wildman–Crippen MR) is 111 cm³/mol. The SMILES string of the molecule is CNS(=O)(=O)c1ccc(Nc2ncc3c(n2)-c2ccccc2N(C)C(=O)C3)cc1. The van der Waals surface area contributed by atoms with E-state index in [0.29, 0.717) is 17.3 Å². The minimum atomic E-state index is -3.49. The van der Waals surface area contributed by atoms with Crippen molar-refractivity contribution in [3.05, 3.63) is 60.3 Å². The van der Waals surface area contributed by atoms with E-state index in [4.69, 9.17) is 0 Å². The molecule has 4 rings (SSSR count). The molecule has 0 aliphatic carbocycles. The van der Waals surface area contributed by atoms with Crippen LogP contribution >= 0.6 is 0 Å². The van der Waals surface area contributed by atoms with E-state index in [2.05, 4.69) is 20.0 Å². The van der Waals surface area contributed by atoms with Gasteiger partial charge in [-0.2, -0.15) is 0 Å². The summed E-state index contributed by atoms with van der Waals surface area (Å²) in [5.41, 5.74) is 3.76. The summed E-state index contributed by atoms with van der Waals surface area (Å²) in [6.45, 7) is 0. The topological polar surface area (TPSA) is 104 Å². The second-order valence-electron chi connectivity index (χ2n) is 6.57. The molecule has 2 heterocycles. The zero-order valence-corrected chi connectivity index (χ0v) is 16.7. The lowest BCUT2D eigenvalue weighted by Gasteiger charge is -2.16. The molecule has 1 amide bonds. The number of carbonyl (C=O) groups is 1. The number of anilines is 3. The molecule has 9 heteroatoms. The highest BCUT2D eigenvalue weighted by Gasteiger charge is 2.24. The number of likely N-dealkylation sites (N-methyl/N-ethyl adjacent to an activating group) is 1. The highest BCUT2D eigenvalue weighted by atomic mass is 32.2. The number of benzene rings is 2. The normalized spacial score (nSPS) is 13.4. The van der Waals surface area contributed by atoms with Gasteiger partial charge in [0.15, 0.2) is 0 Å². The van der Waals surface area contributed by atoms with Gasteiger partial charge in [-0.15, -0.1) is 0 Å². The number of nitrogens with zero attached hydrogens (tertiary/aromatic N) is 3. The zero-order valence-electron chi connectivity index (χ0n) is 15.9. The molecule has 29 heavy (non-hydrogen) atoms. The van der Waals surface area contributed by atoms with Gasteiger partial charge in [-0.1, -0.05) is 18.2 Å². The third-order valence-corrected chi connectivity index (χ3v) is 6.22. The van der Waals surface area contributed by atoms with Gasteiger partial charge in [0.1, 0.15) is 0 Å². The van der Waals surface area contributed by atoms with Crippen LogP contribution in [0.1, 0.15) is 5.56 Å². The van der Waals surface area contributed by atoms with E-state index in [1.54, 1.807) is 30.3 Å². The molecule has 0 saturated carbocycles. The van der Waals surface area contributed by atoms with E-state index in [0.717, 1.165) is 16.8 Å². The Balaban J connectivity index is 1.69. The van der Waals surface area contributed by atoms with Crippen molar-refractivity contribution in [1.82, 2.24) is 14.7 Å². The van der Waals surface area contributed by atoms with Gasteiger partial charge >= 0.3 is 0 Å². The highest BCUT2D eigenvalue weighted by Crippen LogP contribution is 2.35. The number of hydrogen-bond acceptors (Lipinski definition) is 6. The fraction of sp³-hybridized carbons (Fsp3) is 0.150. The summed E-state index contributed by atoms with van der Waals surface area (Å²) in [6.07, 6.45) is 1.87. The minimum absolute atomic E-state index is 0.0261. The maximum atomic E-state index is 12.5. The van der Waals surface area contributed by atoms with Crippen LogP contribution in [-0.4, -0.2) is 38.4 Å². The molecule has 0 unspecified atom stereocenters. The van der Waals surface area contributed by atoms with Crippen molar-refractivity contribution in [3.63, 3.8) is 0 Å². The molecular formula is C20H19N5O3S. The maximum absolute atomic E-state index is 12.5. The van der Waals surface area contributed by atoms with Crippen LogP contribution in [0.25, 0.3) is 11.3 Å². The Morgan fingerprint density at radius 3 is 2.52 bits per heavy atom. The first-order chi connectivity index (χ1) is 13.9. The molecule has 0 saturated heterocycles. The summed E-state index contributed by atoms with van der Waals surface area (Å²) in [6, 6.07) is 13.9. The van der Waals surface area contributed by atoms with Gasteiger partial charge in [0.05, 0.1) is 22.7 Å². The van der Waals surface area contributed by atoms with Gasteiger partial charge in [0, 0.05) is 30.1 Å². The first-order valence-corrected chi connectivity index (χ1v) is 10.4. The lowest BCUT2D eigenvalue weighted by Crippen LogP contribution is -2.26. The monoisotopic (exact) mass is 409 g/mol. The first kappa shape index (κ1) is 19.0. The quantitative estimate of drug-likeness (QED) is 0.685. The van der Waals surface area contributed by atoms with Crippen molar-refractivity contribution in [2.24, 2.45) is 0 Å². The van der Waals surface area contributed by atoms with Gasteiger partial charge in [0.25, 0.3) is 0 Å². The predicted octanol–water partition coefficient (Wildman–Crippen LogP) is 2.31. The zero-order chi connectivity index (χ0) is 20.6. The standard InChI is InChI=1S/C20H19N5O3S/c1-21-29(27,28)15-9-7-14(8-10-15)23-20-22-12-13-11-18(26)25(2)17-6-4-3-5-16(17)19(13)24-20/h3-10,12,21H,11H2,1-2H3,(H,22,23,24). The molecule has 8 nitrogen and oxygen atoms in total. The second kappa shape index (κ2) is 7.26. The largest absolute Gasteiger partial charge is 0.324 e. The van der Waals surface area contributed by atoms with Crippen LogP contribution in [0.3, 0.4) is 0 Å². The highest BCUT2D eigenvalue weighted by molar-refractivity contribution is 7.89. The molecule has 0 radical (unpaired) electrons. The summed E-state index contributed by atoms with van der Waals surface area (Å²) >= 11 is 0. The van der Waals surface area contributed by atoms with E-state index in [9.17, 15) is 13.2 Å². The number of fused-ring (bicyclic) bond motifs is 3. The van der Waals surface area contributed by atoms with Gasteiger partial charge in [-0.05, 0) is 37.4 Å². The summed E-state index contributed by atoms with van der Waals surface area (Å²) in [7, 11) is -0.377. The number of rotatable bonds is 4. The third-order valence-electron chi connectivity index (χ3n) is 4.79. The number of amides is 1. The average Bonchev–Trinajstić information content (AvgIpc) is 2.84. The number of para-hydroxylation sites is 1. The van der Waals surface area contributed by atoms with E-state index >= 15 is 0 Å². The minimum Gasteiger partial charge on any atom is -0.324 e. The van der Waals surface area contributed by atoms with Crippen LogP contribution in [0.4, 0.5) is 17.3 Å². The Kier molecular flexibility index (Phi) is 4.77. The van der Waals surface area contributed by atoms with Crippen LogP contribution in [-0.2, 0) is 21.2 Å². The molecule has 0 atom stereocenters. The summed E-state index contributed by atoms with van der Waals surface area (Å²) in [5, 5.41) is 3.09. The Labute approximate surface area is 168 Å². The number of hydrogen-bond donors (Lipinski definition) is 2. The fourth-order valence-electron chi connectivity index (χ4n) is 3.18. The third kappa shape index (κ3) is 3.57. The lowest BCUT2D eigenvalue weighted by atomic mass is 10.1. The van der Waals surface area contributed by atoms with Crippen molar-refractivity contribution < 1.29 is 13.2 Å². The Bertz CT molecular complexity index is 1190. The van der Waals surface area contributed by atoms with Gasteiger partial charge in [-0.3, -0.25) is 4.79 Å². The lowest BCUT2D eigenvalue weighted by molar-refractivity contribution is -0.117. The molecule has 2 aromatic carbocycles. The van der Waals surface area contributed by atoms with Crippen LogP contribution in [0, 0.1) is 0 Å². The Hall–Kier alpha value is -3.30. The molecule has 0 fully saturated rings. The number of aromatic nitrogens is 2. The van der Waals surface area contributed by atoms with E-state index in [1.165, 1.54) is 19.2 Å². The van der Waals surface area contributed by atoms with Crippen molar-refractivity contribution >= 4 is 33.3 Å². The van der Waals surface area contributed by atoms with Crippen LogP contribution in [0.15, 0.2) is 59.6 Å². The number of nitrogens with one attached hydrogen (secondary N) is 2. The van der Waals surface area contributed by atoms with Crippen molar-refractivity contribution in [2.75, 3.05) is 24.3 Å². The van der Waals surface area contributed by atoms with E-state index in [-0.39, 0.29) is 17.2 Å². The smallest absolute Gasteiger partial charge is 0.240 e. The Morgan fingerprint density at radius 1 is 1.07 bits per heavy atom. The van der Waals surface area contributed by atoms with Crippen molar-refractivity contribution in [2.45, 2.75) is 11.3 Å². The van der Waals surface area contributed by atoms with Crippen molar-refractivity contribution in [1.29, 1.82) is 0 Å². The molecule has 3 aromatic rings. The second-order valence-corrected chi connectivity index (χ2v) is 8.46. The summed E-state index contributed by atoms with van der Waals surface area (Å²) in [5.74, 6) is 0.335. The molecule has 0 spiro atoms. The Morgan fingerprint density at radius 2 is 1.79 bits per heavy atom. The van der Waals surface area contributed by atoms with Gasteiger partial charge < -0.3 is 10.2 Å². The van der Waals surface area contributed by atoms with Crippen LogP contribution in [0.5, 0.6) is 0 Å². The maximum Gasteiger partial charge on any atom is 0.240 e. The van der Waals surface area contributed by atoms with Gasteiger partial charge in [-0.25, -0.2) is 23.1 Å². The average molecular weight is 409 g/mol. The molecule has 1 aliphatic heterocycles.